The molecule has 1 amide bonds. The van der Waals surface area contributed by atoms with E-state index >= 15 is 0 Å². The number of carbonyl (C=O) groups excluding carboxylic acids is 2. The van der Waals surface area contributed by atoms with E-state index in [2.05, 4.69) is 31.3 Å². The maximum atomic E-state index is 12.5. The molecule has 0 fully saturated rings. The molecule has 0 aromatic rings. The summed E-state index contributed by atoms with van der Waals surface area (Å²) in [5, 5.41) is 23.3. The van der Waals surface area contributed by atoms with Crippen molar-refractivity contribution in [2.75, 3.05) is 13.2 Å². The Morgan fingerprint density at radius 2 is 0.723 bits per heavy atom. The molecule has 0 saturated carbocycles. The van der Waals surface area contributed by atoms with Gasteiger partial charge in [-0.25, -0.2) is 0 Å². The minimum atomic E-state index is -0.686. The molecule has 0 aliphatic carbocycles. The second kappa shape index (κ2) is 55.2. The maximum absolute atomic E-state index is 12.5. The fraction of sp³-hybridized carbons (Fsp3) is 0.932. The van der Waals surface area contributed by atoms with Gasteiger partial charge in [-0.1, -0.05) is 276 Å². The Morgan fingerprint density at radius 3 is 1.09 bits per heavy atom. The SMILES string of the molecule is CCCCCCCCCCCCCCCCCCCCCCCC(O)C(CO)NC(=O)CCCCCC/C=C\CCCCOC(=O)CCCCCCCCCCCCCCCCCCC. The predicted octanol–water partition coefficient (Wildman–Crippen LogP) is 18.1. The quantitative estimate of drug-likeness (QED) is 0.0321. The fourth-order valence-electron chi connectivity index (χ4n) is 9.28. The van der Waals surface area contributed by atoms with Crippen molar-refractivity contribution in [3.8, 4) is 0 Å². The zero-order valence-corrected chi connectivity index (χ0v) is 44.0. The number of aliphatic hydroxyl groups is 2. The normalized spacial score (nSPS) is 12.6. The van der Waals surface area contributed by atoms with Crippen molar-refractivity contribution in [2.45, 2.75) is 341 Å². The number of ether oxygens (including phenoxy) is 1. The molecule has 0 aliphatic rings. The van der Waals surface area contributed by atoms with Crippen LogP contribution in [0.25, 0.3) is 0 Å². The molecule has 65 heavy (non-hydrogen) atoms. The molecule has 0 saturated heterocycles. The van der Waals surface area contributed by atoms with Crippen LogP contribution in [-0.4, -0.2) is 47.4 Å². The van der Waals surface area contributed by atoms with Gasteiger partial charge in [0.15, 0.2) is 0 Å². The highest BCUT2D eigenvalue weighted by molar-refractivity contribution is 5.76. The highest BCUT2D eigenvalue weighted by Gasteiger charge is 2.20. The van der Waals surface area contributed by atoms with Crippen LogP contribution in [-0.2, 0) is 14.3 Å². The van der Waals surface area contributed by atoms with Gasteiger partial charge in [0, 0.05) is 12.8 Å². The van der Waals surface area contributed by atoms with Crippen molar-refractivity contribution in [1.82, 2.24) is 5.32 Å². The molecular formula is C59H115NO5. The maximum Gasteiger partial charge on any atom is 0.305 e. The average Bonchev–Trinajstić information content (AvgIpc) is 3.31. The Balaban J connectivity index is 3.48. The van der Waals surface area contributed by atoms with Gasteiger partial charge in [0.2, 0.25) is 5.91 Å². The van der Waals surface area contributed by atoms with Crippen molar-refractivity contribution >= 4 is 11.9 Å². The third kappa shape index (κ3) is 51.8. The van der Waals surface area contributed by atoms with Gasteiger partial charge in [-0.2, -0.15) is 0 Å². The lowest BCUT2D eigenvalue weighted by Gasteiger charge is -2.22. The molecule has 0 aromatic carbocycles. The summed E-state index contributed by atoms with van der Waals surface area (Å²) >= 11 is 0. The van der Waals surface area contributed by atoms with E-state index in [0.29, 0.717) is 25.9 Å². The molecule has 2 atom stereocenters. The van der Waals surface area contributed by atoms with Crippen LogP contribution in [0, 0.1) is 0 Å². The number of rotatable bonds is 55. The summed E-state index contributed by atoms with van der Waals surface area (Å²) in [4.78, 5) is 24.6. The molecule has 2 unspecified atom stereocenters. The molecule has 0 aromatic heterocycles. The molecule has 3 N–H and O–H groups in total. The fourth-order valence-corrected chi connectivity index (χ4v) is 9.28. The second-order valence-electron chi connectivity index (χ2n) is 20.3. The Bertz CT molecular complexity index is 970. The number of amides is 1. The number of carbonyl (C=O) groups is 2. The van der Waals surface area contributed by atoms with E-state index in [9.17, 15) is 19.8 Å². The summed E-state index contributed by atoms with van der Waals surface area (Å²) in [6.07, 6.45) is 64.9. The summed E-state index contributed by atoms with van der Waals surface area (Å²) in [7, 11) is 0. The van der Waals surface area contributed by atoms with Crippen molar-refractivity contribution in [2.24, 2.45) is 0 Å². The van der Waals surface area contributed by atoms with Gasteiger partial charge in [0.25, 0.3) is 0 Å². The van der Waals surface area contributed by atoms with Gasteiger partial charge in [0.1, 0.15) is 0 Å². The van der Waals surface area contributed by atoms with E-state index in [-0.39, 0.29) is 18.5 Å². The number of esters is 1. The largest absolute Gasteiger partial charge is 0.466 e. The zero-order chi connectivity index (χ0) is 47.2. The molecule has 0 bridgehead atoms. The minimum Gasteiger partial charge on any atom is -0.466 e. The number of unbranched alkanes of at least 4 members (excludes halogenated alkanes) is 42. The third-order valence-corrected chi connectivity index (χ3v) is 13.8. The van der Waals surface area contributed by atoms with Crippen LogP contribution in [0.15, 0.2) is 12.2 Å². The van der Waals surface area contributed by atoms with Gasteiger partial charge in [-0.05, 0) is 51.4 Å². The number of nitrogens with one attached hydrogen (secondary N) is 1. The van der Waals surface area contributed by atoms with Crippen LogP contribution in [0.4, 0.5) is 0 Å². The van der Waals surface area contributed by atoms with Crippen LogP contribution in [0.1, 0.15) is 328 Å². The monoisotopic (exact) mass is 918 g/mol. The van der Waals surface area contributed by atoms with Gasteiger partial charge >= 0.3 is 5.97 Å². The van der Waals surface area contributed by atoms with E-state index in [1.807, 2.05) is 0 Å². The van der Waals surface area contributed by atoms with Crippen molar-refractivity contribution < 1.29 is 24.5 Å². The Labute approximate surface area is 406 Å². The first-order chi connectivity index (χ1) is 32.0. The van der Waals surface area contributed by atoms with E-state index < -0.39 is 12.1 Å². The van der Waals surface area contributed by atoms with Crippen LogP contribution in [0.3, 0.4) is 0 Å². The highest BCUT2D eigenvalue weighted by Crippen LogP contribution is 2.18. The van der Waals surface area contributed by atoms with Gasteiger partial charge < -0.3 is 20.3 Å². The first kappa shape index (κ1) is 63.6. The molecular weight excluding hydrogens is 803 g/mol. The second-order valence-corrected chi connectivity index (χ2v) is 20.3. The summed E-state index contributed by atoms with van der Waals surface area (Å²) in [5.74, 6) is -0.0981. The number of hydrogen-bond acceptors (Lipinski definition) is 5. The summed E-state index contributed by atoms with van der Waals surface area (Å²) in [6.45, 7) is 4.90. The lowest BCUT2D eigenvalue weighted by molar-refractivity contribution is -0.143. The van der Waals surface area contributed by atoms with Gasteiger partial charge in [-0.15, -0.1) is 0 Å². The van der Waals surface area contributed by atoms with Crippen LogP contribution in [0.2, 0.25) is 0 Å². The van der Waals surface area contributed by atoms with Gasteiger partial charge in [-0.3, -0.25) is 9.59 Å². The predicted molar refractivity (Wildman–Crippen MR) is 283 cm³/mol. The van der Waals surface area contributed by atoms with E-state index in [4.69, 9.17) is 4.74 Å². The summed E-state index contributed by atoms with van der Waals surface area (Å²) < 4.78 is 5.45. The topological polar surface area (TPSA) is 95.9 Å². The average molecular weight is 919 g/mol. The molecule has 6 nitrogen and oxygen atoms in total. The van der Waals surface area contributed by atoms with E-state index in [1.165, 1.54) is 218 Å². The number of aliphatic hydroxyl groups excluding tert-OH is 2. The highest BCUT2D eigenvalue weighted by atomic mass is 16.5. The Morgan fingerprint density at radius 1 is 0.415 bits per heavy atom. The van der Waals surface area contributed by atoms with Gasteiger partial charge in [0.05, 0.1) is 25.4 Å². The van der Waals surface area contributed by atoms with Crippen LogP contribution < -0.4 is 5.32 Å². The van der Waals surface area contributed by atoms with Crippen LogP contribution in [0.5, 0.6) is 0 Å². The number of hydrogen-bond donors (Lipinski definition) is 3. The smallest absolute Gasteiger partial charge is 0.305 e. The first-order valence-corrected chi connectivity index (χ1v) is 29.4. The molecule has 0 aliphatic heterocycles. The molecule has 0 spiro atoms. The number of allylic oxidation sites excluding steroid dienone is 2. The zero-order valence-electron chi connectivity index (χ0n) is 44.0. The molecule has 0 rings (SSSR count). The van der Waals surface area contributed by atoms with E-state index in [0.717, 1.165) is 77.0 Å². The Hall–Kier alpha value is -1.40. The lowest BCUT2D eigenvalue weighted by Crippen LogP contribution is -2.45. The molecule has 0 heterocycles. The molecule has 386 valence electrons. The van der Waals surface area contributed by atoms with Crippen molar-refractivity contribution in [3.63, 3.8) is 0 Å². The van der Waals surface area contributed by atoms with Crippen molar-refractivity contribution in [3.05, 3.63) is 12.2 Å². The third-order valence-electron chi connectivity index (χ3n) is 13.8. The summed E-state index contributed by atoms with van der Waals surface area (Å²) in [5.41, 5.74) is 0. The Kier molecular flexibility index (Phi) is 54.0. The minimum absolute atomic E-state index is 0.0313. The standard InChI is InChI=1S/C59H115NO5/c1-3-5-7-9-11-13-15-17-19-21-22-23-24-26-27-29-31-35-39-43-47-51-57(62)56(55-61)60-58(63)52-48-44-40-36-33-34-38-42-46-50-54-65-59(64)53-49-45-41-37-32-30-28-25-20-18-16-14-12-10-8-6-4-2/h34,38,56-57,61-62H,3-33,35-37,39-55H2,1-2H3,(H,60,63)/b38-34-. The summed E-state index contributed by atoms with van der Waals surface area (Å²) in [6, 6.07) is -0.566. The van der Waals surface area contributed by atoms with Crippen molar-refractivity contribution in [1.29, 1.82) is 0 Å². The van der Waals surface area contributed by atoms with Crippen LogP contribution >= 0.6 is 0 Å². The molecule has 0 radical (unpaired) electrons. The lowest BCUT2D eigenvalue weighted by atomic mass is 10.0. The first-order valence-electron chi connectivity index (χ1n) is 29.4. The van der Waals surface area contributed by atoms with E-state index in [1.54, 1.807) is 0 Å². The molecule has 6 heteroatoms.